The Labute approximate surface area is 169 Å². The number of thiophene rings is 1. The highest BCUT2D eigenvalue weighted by Crippen LogP contribution is 2.43. The van der Waals surface area contributed by atoms with E-state index in [0.29, 0.717) is 5.92 Å². The molecule has 3 heterocycles. The highest BCUT2D eigenvalue weighted by Gasteiger charge is 2.30. The molecule has 5 rings (SSSR count). The molecule has 28 heavy (non-hydrogen) atoms. The third kappa shape index (κ3) is 3.52. The van der Waals surface area contributed by atoms with Crippen molar-refractivity contribution in [1.29, 1.82) is 0 Å². The molecule has 2 aromatic heterocycles. The fraction of sp³-hybridized carbons (Fsp3) is 0.455. The molecule has 1 N–H and O–H groups in total. The molecule has 146 valence electrons. The molecule has 2 aliphatic rings. The Morgan fingerprint density at radius 1 is 1.11 bits per heavy atom. The number of nitrogens with zero attached hydrogens (tertiary/aromatic N) is 4. The first-order valence-corrected chi connectivity index (χ1v) is 11.1. The number of benzene rings is 1. The molecule has 0 amide bonds. The Bertz CT molecular complexity index is 959. The van der Waals surface area contributed by atoms with Gasteiger partial charge >= 0.3 is 0 Å². The summed E-state index contributed by atoms with van der Waals surface area (Å²) in [6.07, 6.45) is 2.15. The monoisotopic (exact) mass is 394 g/mol. The molecule has 1 aromatic carbocycles. The van der Waals surface area contributed by atoms with Gasteiger partial charge in [-0.3, -0.25) is 4.90 Å². The summed E-state index contributed by atoms with van der Waals surface area (Å²) < 4.78 is 0. The van der Waals surface area contributed by atoms with Crippen LogP contribution in [0.4, 0.5) is 5.82 Å². The molecule has 0 bridgehead atoms. The van der Waals surface area contributed by atoms with Crippen LogP contribution in [0.2, 0.25) is 0 Å². The second-order valence-electron chi connectivity index (χ2n) is 8.01. The summed E-state index contributed by atoms with van der Waals surface area (Å²) in [5, 5.41) is 13.1. The lowest BCUT2D eigenvalue weighted by Crippen LogP contribution is -2.48. The van der Waals surface area contributed by atoms with E-state index in [4.69, 9.17) is 9.97 Å². The second kappa shape index (κ2) is 7.43. The Kier molecular flexibility index (Phi) is 4.78. The molecule has 6 heteroatoms. The zero-order valence-corrected chi connectivity index (χ0v) is 17.0. The van der Waals surface area contributed by atoms with E-state index in [1.165, 1.54) is 29.4 Å². The standard InChI is InChI=1S/C22H26N4OS/c1-15(27)13-25-9-11-26(12-10-25)21-19-18(16-5-3-2-4-6-16)14-28-22(19)24-20(23-21)17-7-8-17/h2-6,14-15,17,27H,7-13H2,1H3/t15-/m1/s1. The fourth-order valence-electron chi connectivity index (χ4n) is 4.04. The first-order chi connectivity index (χ1) is 13.7. The number of hydrogen-bond donors (Lipinski definition) is 1. The number of aliphatic hydroxyl groups is 1. The molecule has 2 fully saturated rings. The van der Waals surface area contributed by atoms with Crippen molar-refractivity contribution in [2.75, 3.05) is 37.6 Å². The first-order valence-electron chi connectivity index (χ1n) is 10.2. The zero-order chi connectivity index (χ0) is 19.1. The summed E-state index contributed by atoms with van der Waals surface area (Å²) in [6, 6.07) is 10.6. The number of aromatic nitrogens is 2. The smallest absolute Gasteiger partial charge is 0.141 e. The van der Waals surface area contributed by atoms with Crippen molar-refractivity contribution < 1.29 is 5.11 Å². The lowest BCUT2D eigenvalue weighted by molar-refractivity contribution is 0.122. The minimum Gasteiger partial charge on any atom is -0.392 e. The van der Waals surface area contributed by atoms with Crippen molar-refractivity contribution in [1.82, 2.24) is 14.9 Å². The van der Waals surface area contributed by atoms with E-state index in [9.17, 15) is 5.11 Å². The molecule has 0 spiro atoms. The number of piperazine rings is 1. The molecule has 0 unspecified atom stereocenters. The van der Waals surface area contributed by atoms with Crippen molar-refractivity contribution in [3.8, 4) is 11.1 Å². The second-order valence-corrected chi connectivity index (χ2v) is 8.87. The molecular weight excluding hydrogens is 368 g/mol. The van der Waals surface area contributed by atoms with Crippen molar-refractivity contribution in [2.45, 2.75) is 31.8 Å². The van der Waals surface area contributed by atoms with Crippen LogP contribution < -0.4 is 4.90 Å². The molecule has 1 atom stereocenters. The van der Waals surface area contributed by atoms with Crippen LogP contribution in [0.5, 0.6) is 0 Å². The van der Waals surface area contributed by atoms with E-state index in [2.05, 4.69) is 45.5 Å². The van der Waals surface area contributed by atoms with Crippen LogP contribution in [0, 0.1) is 0 Å². The zero-order valence-electron chi connectivity index (χ0n) is 16.2. The molecule has 1 saturated carbocycles. The van der Waals surface area contributed by atoms with Gasteiger partial charge in [-0.2, -0.15) is 0 Å². The minimum absolute atomic E-state index is 0.277. The normalized spacial score (nSPS) is 19.3. The maximum Gasteiger partial charge on any atom is 0.141 e. The van der Waals surface area contributed by atoms with E-state index in [0.717, 1.165) is 49.2 Å². The highest BCUT2D eigenvalue weighted by molar-refractivity contribution is 7.17. The van der Waals surface area contributed by atoms with Gasteiger partial charge in [-0.25, -0.2) is 9.97 Å². The maximum atomic E-state index is 9.69. The Morgan fingerprint density at radius 3 is 2.54 bits per heavy atom. The lowest BCUT2D eigenvalue weighted by Gasteiger charge is -2.36. The largest absolute Gasteiger partial charge is 0.392 e. The molecular formula is C22H26N4OS. The predicted octanol–water partition coefficient (Wildman–Crippen LogP) is 3.74. The Morgan fingerprint density at radius 2 is 1.86 bits per heavy atom. The van der Waals surface area contributed by atoms with E-state index in [1.807, 2.05) is 6.92 Å². The van der Waals surface area contributed by atoms with Crippen LogP contribution in [0.25, 0.3) is 21.3 Å². The Balaban J connectivity index is 1.54. The number of fused-ring (bicyclic) bond motifs is 1. The van der Waals surface area contributed by atoms with E-state index < -0.39 is 0 Å². The number of rotatable bonds is 5. The summed E-state index contributed by atoms with van der Waals surface area (Å²) in [5.41, 5.74) is 2.47. The van der Waals surface area contributed by atoms with Crippen LogP contribution in [0.1, 0.15) is 31.5 Å². The summed E-state index contributed by atoms with van der Waals surface area (Å²) in [4.78, 5) is 15.9. The predicted molar refractivity (Wildman–Crippen MR) is 115 cm³/mol. The van der Waals surface area contributed by atoms with E-state index >= 15 is 0 Å². The third-order valence-electron chi connectivity index (χ3n) is 5.65. The quantitative estimate of drug-likeness (QED) is 0.714. The van der Waals surface area contributed by atoms with Gasteiger partial charge in [-0.15, -0.1) is 11.3 Å². The summed E-state index contributed by atoms with van der Waals surface area (Å²) in [7, 11) is 0. The summed E-state index contributed by atoms with van der Waals surface area (Å²) in [5.74, 6) is 2.67. The van der Waals surface area contributed by atoms with Gasteiger partial charge in [0.1, 0.15) is 16.5 Å². The van der Waals surface area contributed by atoms with Crippen molar-refractivity contribution >= 4 is 27.4 Å². The number of hydrogen-bond acceptors (Lipinski definition) is 6. The minimum atomic E-state index is -0.277. The van der Waals surface area contributed by atoms with E-state index in [1.54, 1.807) is 11.3 Å². The van der Waals surface area contributed by atoms with Gasteiger partial charge in [0.15, 0.2) is 0 Å². The average molecular weight is 395 g/mol. The number of aliphatic hydroxyl groups excluding tert-OH is 1. The van der Waals surface area contributed by atoms with Crippen LogP contribution in [0.15, 0.2) is 35.7 Å². The van der Waals surface area contributed by atoms with Gasteiger partial charge in [0, 0.05) is 49.6 Å². The molecule has 0 radical (unpaired) electrons. The fourth-order valence-corrected chi connectivity index (χ4v) is 4.99. The first kappa shape index (κ1) is 18.0. The van der Waals surface area contributed by atoms with Crippen molar-refractivity contribution in [3.63, 3.8) is 0 Å². The van der Waals surface area contributed by atoms with Gasteiger partial charge in [0.25, 0.3) is 0 Å². The van der Waals surface area contributed by atoms with Crippen molar-refractivity contribution in [2.24, 2.45) is 0 Å². The topological polar surface area (TPSA) is 52.5 Å². The number of anilines is 1. The van der Waals surface area contributed by atoms with E-state index in [-0.39, 0.29) is 6.10 Å². The van der Waals surface area contributed by atoms with Gasteiger partial charge in [-0.05, 0) is 25.3 Å². The molecule has 5 nitrogen and oxygen atoms in total. The van der Waals surface area contributed by atoms with Crippen LogP contribution in [0.3, 0.4) is 0 Å². The number of β-amino-alcohol motifs (C(OH)–C–C–N with tert-alkyl or cyclic N) is 1. The third-order valence-corrected chi connectivity index (χ3v) is 6.53. The lowest BCUT2D eigenvalue weighted by atomic mass is 10.1. The average Bonchev–Trinajstić information content (AvgIpc) is 3.47. The van der Waals surface area contributed by atoms with Gasteiger partial charge < -0.3 is 10.0 Å². The van der Waals surface area contributed by atoms with Gasteiger partial charge in [0.05, 0.1) is 11.5 Å². The SMILES string of the molecule is C[C@@H](O)CN1CCN(c2nc(C3CC3)nc3scc(-c4ccccc4)c23)CC1. The molecule has 3 aromatic rings. The molecule has 1 saturated heterocycles. The highest BCUT2D eigenvalue weighted by atomic mass is 32.1. The van der Waals surface area contributed by atoms with Crippen molar-refractivity contribution in [3.05, 3.63) is 41.5 Å². The van der Waals surface area contributed by atoms with Crippen LogP contribution in [-0.2, 0) is 0 Å². The van der Waals surface area contributed by atoms with Gasteiger partial charge in [0.2, 0.25) is 0 Å². The van der Waals surface area contributed by atoms with Crippen LogP contribution in [-0.4, -0.2) is 58.8 Å². The molecule has 1 aliphatic heterocycles. The summed E-state index contributed by atoms with van der Waals surface area (Å²) in [6.45, 7) is 6.40. The van der Waals surface area contributed by atoms with Crippen LogP contribution >= 0.6 is 11.3 Å². The summed E-state index contributed by atoms with van der Waals surface area (Å²) >= 11 is 1.73. The van der Waals surface area contributed by atoms with Gasteiger partial charge in [-0.1, -0.05) is 30.3 Å². The Hall–Kier alpha value is -2.02. The molecule has 1 aliphatic carbocycles. The maximum absolute atomic E-state index is 9.69.